The lowest BCUT2D eigenvalue weighted by molar-refractivity contribution is 0.0383. The Morgan fingerprint density at radius 3 is 2.59 bits per heavy atom. The molecule has 1 aliphatic rings. The molecule has 8 heteroatoms. The van der Waals surface area contributed by atoms with Crippen molar-refractivity contribution in [3.63, 3.8) is 0 Å². The Morgan fingerprint density at radius 1 is 1.15 bits per heavy atom. The van der Waals surface area contributed by atoms with Crippen molar-refractivity contribution in [3.8, 4) is 5.75 Å². The number of hydrogen-bond acceptors (Lipinski definition) is 7. The summed E-state index contributed by atoms with van der Waals surface area (Å²) in [6, 6.07) is 11.0. The zero-order valence-corrected chi connectivity index (χ0v) is 15.5. The third kappa shape index (κ3) is 5.90. The van der Waals surface area contributed by atoms with Crippen LogP contribution >= 0.6 is 0 Å². The number of anilines is 2. The number of ether oxygens (including phenoxy) is 2. The molecule has 0 atom stereocenters. The molecule has 1 aromatic carbocycles. The van der Waals surface area contributed by atoms with Crippen LogP contribution in [0.25, 0.3) is 0 Å². The zero-order chi connectivity index (χ0) is 18.9. The van der Waals surface area contributed by atoms with Gasteiger partial charge in [0.05, 0.1) is 19.8 Å². The standard InChI is InChI=1S/C19H25N5O3/c1-2-27-16-5-3-15(4-6-16)21-18-8-7-17(22-23-18)19(25)20-9-10-24-11-13-26-14-12-24/h3-8H,2,9-14H2,1H3,(H,20,25)(H,21,23). The van der Waals surface area contributed by atoms with Crippen LogP contribution in [-0.2, 0) is 4.74 Å². The van der Waals surface area contributed by atoms with Crippen molar-refractivity contribution in [2.75, 3.05) is 51.3 Å². The summed E-state index contributed by atoms with van der Waals surface area (Å²) in [5.74, 6) is 1.17. The van der Waals surface area contributed by atoms with E-state index in [1.165, 1.54) is 0 Å². The third-order valence-corrected chi connectivity index (χ3v) is 4.15. The number of aromatic nitrogens is 2. The maximum atomic E-state index is 12.2. The molecular weight excluding hydrogens is 346 g/mol. The second-order valence-electron chi connectivity index (χ2n) is 6.10. The predicted molar refractivity (Wildman–Crippen MR) is 103 cm³/mol. The van der Waals surface area contributed by atoms with Gasteiger partial charge in [0.2, 0.25) is 0 Å². The summed E-state index contributed by atoms with van der Waals surface area (Å²) >= 11 is 0. The number of rotatable bonds is 8. The number of nitrogens with zero attached hydrogens (tertiary/aromatic N) is 3. The van der Waals surface area contributed by atoms with E-state index in [-0.39, 0.29) is 5.91 Å². The minimum atomic E-state index is -0.219. The maximum Gasteiger partial charge on any atom is 0.271 e. The van der Waals surface area contributed by atoms with Gasteiger partial charge in [-0.2, -0.15) is 0 Å². The van der Waals surface area contributed by atoms with Crippen LogP contribution in [0.1, 0.15) is 17.4 Å². The molecule has 0 spiro atoms. The molecule has 2 N–H and O–H groups in total. The van der Waals surface area contributed by atoms with Crippen LogP contribution in [0.2, 0.25) is 0 Å². The lowest BCUT2D eigenvalue weighted by Crippen LogP contribution is -2.41. The number of nitrogens with one attached hydrogen (secondary N) is 2. The molecule has 144 valence electrons. The van der Waals surface area contributed by atoms with Crippen LogP contribution in [0.4, 0.5) is 11.5 Å². The molecule has 1 fully saturated rings. The smallest absolute Gasteiger partial charge is 0.271 e. The summed E-state index contributed by atoms with van der Waals surface area (Å²) in [7, 11) is 0. The van der Waals surface area contributed by atoms with E-state index >= 15 is 0 Å². The van der Waals surface area contributed by atoms with Gasteiger partial charge in [0.25, 0.3) is 5.91 Å². The Labute approximate surface area is 158 Å². The molecule has 2 aromatic rings. The van der Waals surface area contributed by atoms with E-state index in [0.717, 1.165) is 44.3 Å². The predicted octanol–water partition coefficient (Wildman–Crippen LogP) is 1.68. The van der Waals surface area contributed by atoms with Gasteiger partial charge >= 0.3 is 0 Å². The fourth-order valence-corrected chi connectivity index (χ4v) is 2.71. The van der Waals surface area contributed by atoms with Gasteiger partial charge in [-0.3, -0.25) is 9.69 Å². The zero-order valence-electron chi connectivity index (χ0n) is 15.5. The van der Waals surface area contributed by atoms with E-state index < -0.39 is 0 Å². The first-order chi connectivity index (χ1) is 13.2. The van der Waals surface area contributed by atoms with Gasteiger partial charge < -0.3 is 20.1 Å². The summed E-state index contributed by atoms with van der Waals surface area (Å²) in [4.78, 5) is 14.4. The Kier molecular flexibility index (Phi) is 6.95. The van der Waals surface area contributed by atoms with E-state index in [9.17, 15) is 4.79 Å². The van der Waals surface area contributed by atoms with Gasteiger partial charge in [-0.1, -0.05) is 0 Å². The van der Waals surface area contributed by atoms with Crippen molar-refractivity contribution in [2.24, 2.45) is 0 Å². The molecule has 0 aliphatic carbocycles. The maximum absolute atomic E-state index is 12.2. The molecular formula is C19H25N5O3. The molecule has 0 radical (unpaired) electrons. The lowest BCUT2D eigenvalue weighted by atomic mass is 10.3. The molecule has 0 unspecified atom stereocenters. The summed E-state index contributed by atoms with van der Waals surface area (Å²) in [6.07, 6.45) is 0. The summed E-state index contributed by atoms with van der Waals surface area (Å²) in [5.41, 5.74) is 1.17. The molecule has 1 aliphatic heterocycles. The first-order valence-corrected chi connectivity index (χ1v) is 9.16. The largest absolute Gasteiger partial charge is 0.494 e. The van der Waals surface area contributed by atoms with Crippen LogP contribution in [0, 0.1) is 0 Å². The Morgan fingerprint density at radius 2 is 1.93 bits per heavy atom. The first-order valence-electron chi connectivity index (χ1n) is 9.16. The van der Waals surface area contributed by atoms with Crippen molar-refractivity contribution >= 4 is 17.4 Å². The highest BCUT2D eigenvalue weighted by Crippen LogP contribution is 2.18. The van der Waals surface area contributed by atoms with Crippen molar-refractivity contribution in [1.82, 2.24) is 20.4 Å². The van der Waals surface area contributed by atoms with Crippen LogP contribution in [0.5, 0.6) is 5.75 Å². The highest BCUT2D eigenvalue weighted by Gasteiger charge is 2.12. The first kappa shape index (κ1) is 19.1. The highest BCUT2D eigenvalue weighted by molar-refractivity contribution is 5.92. The molecule has 1 aromatic heterocycles. The third-order valence-electron chi connectivity index (χ3n) is 4.15. The topological polar surface area (TPSA) is 88.6 Å². The van der Waals surface area contributed by atoms with Gasteiger partial charge in [-0.05, 0) is 43.3 Å². The van der Waals surface area contributed by atoms with Crippen LogP contribution < -0.4 is 15.4 Å². The van der Waals surface area contributed by atoms with Gasteiger partial charge in [-0.15, -0.1) is 10.2 Å². The van der Waals surface area contributed by atoms with Gasteiger partial charge in [0.15, 0.2) is 11.5 Å². The van der Waals surface area contributed by atoms with E-state index in [4.69, 9.17) is 9.47 Å². The second kappa shape index (κ2) is 9.84. The van der Waals surface area contributed by atoms with Crippen molar-refractivity contribution in [2.45, 2.75) is 6.92 Å². The fraction of sp³-hybridized carbons (Fsp3) is 0.421. The Balaban J connectivity index is 1.46. The van der Waals surface area contributed by atoms with E-state index in [1.807, 2.05) is 31.2 Å². The summed E-state index contributed by atoms with van der Waals surface area (Å²) in [6.45, 7) is 7.27. The van der Waals surface area contributed by atoms with E-state index in [0.29, 0.717) is 24.7 Å². The van der Waals surface area contributed by atoms with Crippen LogP contribution in [0.3, 0.4) is 0 Å². The van der Waals surface area contributed by atoms with Crippen molar-refractivity contribution in [1.29, 1.82) is 0 Å². The molecule has 1 saturated heterocycles. The number of carbonyl (C=O) groups is 1. The number of benzene rings is 1. The Bertz CT molecular complexity index is 715. The lowest BCUT2D eigenvalue weighted by Gasteiger charge is -2.26. The van der Waals surface area contributed by atoms with Crippen LogP contribution in [0.15, 0.2) is 36.4 Å². The number of carbonyl (C=O) groups excluding carboxylic acids is 1. The molecule has 0 saturated carbocycles. The minimum Gasteiger partial charge on any atom is -0.494 e. The molecule has 3 rings (SSSR count). The number of hydrogen-bond donors (Lipinski definition) is 2. The molecule has 27 heavy (non-hydrogen) atoms. The van der Waals surface area contributed by atoms with Crippen molar-refractivity contribution < 1.29 is 14.3 Å². The van der Waals surface area contributed by atoms with Gasteiger partial charge in [0, 0.05) is 31.9 Å². The number of morpholine rings is 1. The van der Waals surface area contributed by atoms with E-state index in [1.54, 1.807) is 12.1 Å². The summed E-state index contributed by atoms with van der Waals surface area (Å²) < 4.78 is 10.7. The van der Waals surface area contributed by atoms with Gasteiger partial charge in [0.1, 0.15) is 5.75 Å². The monoisotopic (exact) mass is 371 g/mol. The normalized spacial score (nSPS) is 14.6. The average Bonchev–Trinajstić information content (AvgIpc) is 2.71. The summed E-state index contributed by atoms with van der Waals surface area (Å²) in [5, 5.41) is 14.1. The molecule has 8 nitrogen and oxygen atoms in total. The second-order valence-corrected chi connectivity index (χ2v) is 6.10. The van der Waals surface area contributed by atoms with Crippen LogP contribution in [-0.4, -0.2) is 67.0 Å². The van der Waals surface area contributed by atoms with Gasteiger partial charge in [-0.25, -0.2) is 0 Å². The fourth-order valence-electron chi connectivity index (χ4n) is 2.71. The Hall–Kier alpha value is -2.71. The highest BCUT2D eigenvalue weighted by atomic mass is 16.5. The SMILES string of the molecule is CCOc1ccc(Nc2ccc(C(=O)NCCN3CCOCC3)nn2)cc1. The quantitative estimate of drug-likeness (QED) is 0.730. The van der Waals surface area contributed by atoms with Crippen molar-refractivity contribution in [3.05, 3.63) is 42.1 Å². The molecule has 1 amide bonds. The molecule has 2 heterocycles. The van der Waals surface area contributed by atoms with E-state index in [2.05, 4.69) is 25.7 Å². The molecule has 0 bridgehead atoms. The number of amides is 1. The average molecular weight is 371 g/mol. The minimum absolute atomic E-state index is 0.219.